The Bertz CT molecular complexity index is 524. The Morgan fingerprint density at radius 2 is 1.86 bits per heavy atom. The number of rotatable bonds is 4. The summed E-state index contributed by atoms with van der Waals surface area (Å²) in [6.45, 7) is 0.348. The monoisotopic (exact) mass is 300 g/mol. The number of amides is 1. The van der Waals surface area contributed by atoms with Crippen LogP contribution in [0.3, 0.4) is 0 Å². The molecular formula is C17H24N4O. The maximum Gasteiger partial charge on any atom is 0.239 e. The first kappa shape index (κ1) is 14.0. The number of nitrogens with one attached hydrogen (secondary N) is 1. The molecule has 1 heterocycles. The van der Waals surface area contributed by atoms with Gasteiger partial charge in [-0.15, -0.1) is 0 Å². The molecule has 5 nitrogen and oxygen atoms in total. The van der Waals surface area contributed by atoms with Gasteiger partial charge in [0.25, 0.3) is 0 Å². The summed E-state index contributed by atoms with van der Waals surface area (Å²) in [4.78, 5) is 22.7. The molecule has 1 aromatic heterocycles. The maximum absolute atomic E-state index is 12.5. The SMILES string of the molecule is CN(CC(=O)NC12CC3CC(CC(C3)C1)C2)c1cnccn1. The second-order valence-corrected chi connectivity index (χ2v) is 7.67. The Morgan fingerprint density at radius 3 is 2.41 bits per heavy atom. The first-order chi connectivity index (χ1) is 10.6. The summed E-state index contributed by atoms with van der Waals surface area (Å²) in [6.07, 6.45) is 12.8. The van der Waals surface area contributed by atoms with Crippen LogP contribution < -0.4 is 10.2 Å². The smallest absolute Gasteiger partial charge is 0.239 e. The Balaban J connectivity index is 1.40. The Kier molecular flexibility index (Phi) is 3.31. The van der Waals surface area contributed by atoms with Crippen molar-refractivity contribution in [3.8, 4) is 0 Å². The zero-order chi connectivity index (χ0) is 15.2. The highest BCUT2D eigenvalue weighted by Gasteiger charge is 2.51. The van der Waals surface area contributed by atoms with Crippen molar-refractivity contribution in [1.29, 1.82) is 0 Å². The molecule has 0 atom stereocenters. The number of nitrogens with zero attached hydrogens (tertiary/aromatic N) is 3. The van der Waals surface area contributed by atoms with Crippen LogP contribution in [0.25, 0.3) is 0 Å². The second kappa shape index (κ2) is 5.21. The molecule has 0 aromatic carbocycles. The molecule has 4 saturated carbocycles. The summed E-state index contributed by atoms with van der Waals surface area (Å²) in [5, 5.41) is 3.40. The van der Waals surface area contributed by atoms with Gasteiger partial charge in [-0.05, 0) is 56.3 Å². The fourth-order valence-electron chi connectivity index (χ4n) is 5.38. The first-order valence-electron chi connectivity index (χ1n) is 8.40. The van der Waals surface area contributed by atoms with Gasteiger partial charge in [0.2, 0.25) is 5.91 Å². The molecule has 4 fully saturated rings. The molecule has 5 heteroatoms. The van der Waals surface area contributed by atoms with Gasteiger partial charge >= 0.3 is 0 Å². The number of aromatic nitrogens is 2. The predicted octanol–water partition coefficient (Wildman–Crippen LogP) is 2.00. The van der Waals surface area contributed by atoms with Crippen LogP contribution in [0.5, 0.6) is 0 Å². The summed E-state index contributed by atoms with van der Waals surface area (Å²) >= 11 is 0. The molecule has 0 spiro atoms. The summed E-state index contributed by atoms with van der Waals surface area (Å²) < 4.78 is 0. The van der Waals surface area contributed by atoms with Gasteiger partial charge in [-0.3, -0.25) is 9.78 Å². The molecule has 0 radical (unpaired) electrons. The molecule has 0 aliphatic heterocycles. The molecule has 1 N–H and O–H groups in total. The van der Waals surface area contributed by atoms with Crippen LogP contribution in [0.1, 0.15) is 38.5 Å². The maximum atomic E-state index is 12.5. The third-order valence-electron chi connectivity index (χ3n) is 5.76. The van der Waals surface area contributed by atoms with Crippen molar-refractivity contribution >= 4 is 11.7 Å². The zero-order valence-electron chi connectivity index (χ0n) is 13.2. The molecule has 0 saturated heterocycles. The molecule has 4 aliphatic rings. The number of likely N-dealkylation sites (N-methyl/N-ethyl adjacent to an activating group) is 1. The van der Waals surface area contributed by atoms with E-state index < -0.39 is 0 Å². The van der Waals surface area contributed by atoms with E-state index in [1.54, 1.807) is 18.6 Å². The number of hydrogen-bond donors (Lipinski definition) is 1. The van der Waals surface area contributed by atoms with Crippen molar-refractivity contribution in [2.75, 3.05) is 18.5 Å². The van der Waals surface area contributed by atoms with Crippen molar-refractivity contribution in [3.05, 3.63) is 18.6 Å². The summed E-state index contributed by atoms with van der Waals surface area (Å²) in [5.74, 6) is 3.41. The van der Waals surface area contributed by atoms with E-state index in [4.69, 9.17) is 0 Å². The lowest BCUT2D eigenvalue weighted by Gasteiger charge is -2.57. The highest BCUT2D eigenvalue weighted by molar-refractivity contribution is 5.81. The molecule has 4 aliphatic carbocycles. The normalized spacial score (nSPS) is 35.4. The number of hydrogen-bond acceptors (Lipinski definition) is 4. The van der Waals surface area contributed by atoms with Gasteiger partial charge in [-0.2, -0.15) is 0 Å². The van der Waals surface area contributed by atoms with Gasteiger partial charge in [0.15, 0.2) is 0 Å². The molecule has 4 bridgehead atoms. The van der Waals surface area contributed by atoms with Crippen molar-refractivity contribution in [1.82, 2.24) is 15.3 Å². The van der Waals surface area contributed by atoms with E-state index in [1.165, 1.54) is 38.5 Å². The lowest BCUT2D eigenvalue weighted by Crippen LogP contribution is -2.60. The highest BCUT2D eigenvalue weighted by atomic mass is 16.2. The van der Waals surface area contributed by atoms with E-state index >= 15 is 0 Å². The van der Waals surface area contributed by atoms with E-state index in [1.807, 2.05) is 11.9 Å². The van der Waals surface area contributed by atoms with Crippen molar-refractivity contribution in [2.45, 2.75) is 44.1 Å². The van der Waals surface area contributed by atoms with Crippen LogP contribution in [0.2, 0.25) is 0 Å². The van der Waals surface area contributed by atoms with Gasteiger partial charge < -0.3 is 10.2 Å². The third kappa shape index (κ3) is 2.57. The Hall–Kier alpha value is -1.65. The van der Waals surface area contributed by atoms with Gasteiger partial charge in [-0.1, -0.05) is 0 Å². The van der Waals surface area contributed by atoms with Crippen LogP contribution in [-0.2, 0) is 4.79 Å². The minimum Gasteiger partial charge on any atom is -0.349 e. The topological polar surface area (TPSA) is 58.1 Å². The van der Waals surface area contributed by atoms with Crippen molar-refractivity contribution in [3.63, 3.8) is 0 Å². The summed E-state index contributed by atoms with van der Waals surface area (Å²) in [5.41, 5.74) is 0.0923. The molecule has 1 aromatic rings. The van der Waals surface area contributed by atoms with Crippen LogP contribution in [-0.4, -0.2) is 35.0 Å². The molecule has 0 unspecified atom stereocenters. The lowest BCUT2D eigenvalue weighted by atomic mass is 9.53. The third-order valence-corrected chi connectivity index (χ3v) is 5.76. The zero-order valence-corrected chi connectivity index (χ0v) is 13.2. The fourth-order valence-corrected chi connectivity index (χ4v) is 5.38. The lowest BCUT2D eigenvalue weighted by molar-refractivity contribution is -0.125. The van der Waals surface area contributed by atoms with Gasteiger partial charge in [0.05, 0.1) is 12.7 Å². The molecule has 1 amide bonds. The van der Waals surface area contributed by atoms with Gasteiger partial charge in [0.1, 0.15) is 5.82 Å². The minimum absolute atomic E-state index is 0.0923. The number of carbonyl (C=O) groups is 1. The standard InChI is InChI=1S/C17H24N4O/c1-21(15-10-18-2-3-19-15)11-16(22)20-17-7-12-4-13(8-17)6-14(5-12)9-17/h2-3,10,12-14H,4-9,11H2,1H3,(H,20,22). The molecule has 5 rings (SSSR count). The van der Waals surface area contributed by atoms with Gasteiger partial charge in [-0.25, -0.2) is 4.98 Å². The Labute approximate surface area is 131 Å². The first-order valence-corrected chi connectivity index (χ1v) is 8.40. The van der Waals surface area contributed by atoms with E-state index in [-0.39, 0.29) is 11.4 Å². The average molecular weight is 300 g/mol. The van der Waals surface area contributed by atoms with Gasteiger partial charge in [0, 0.05) is 25.0 Å². The van der Waals surface area contributed by atoms with Crippen molar-refractivity contribution < 1.29 is 4.79 Å². The van der Waals surface area contributed by atoms with E-state index in [0.717, 1.165) is 23.6 Å². The molecule has 22 heavy (non-hydrogen) atoms. The summed E-state index contributed by atoms with van der Waals surface area (Å²) in [6, 6.07) is 0. The van der Waals surface area contributed by atoms with E-state index in [0.29, 0.717) is 6.54 Å². The van der Waals surface area contributed by atoms with E-state index in [9.17, 15) is 4.79 Å². The fraction of sp³-hybridized carbons (Fsp3) is 0.706. The minimum atomic E-state index is 0.0923. The average Bonchev–Trinajstić information content (AvgIpc) is 2.45. The number of carbonyl (C=O) groups excluding carboxylic acids is 1. The largest absolute Gasteiger partial charge is 0.349 e. The molecule has 118 valence electrons. The predicted molar refractivity (Wildman–Crippen MR) is 84.3 cm³/mol. The van der Waals surface area contributed by atoms with Crippen LogP contribution in [0, 0.1) is 17.8 Å². The molecular weight excluding hydrogens is 276 g/mol. The highest BCUT2D eigenvalue weighted by Crippen LogP contribution is 2.55. The van der Waals surface area contributed by atoms with Crippen LogP contribution in [0.15, 0.2) is 18.6 Å². The van der Waals surface area contributed by atoms with Crippen LogP contribution >= 0.6 is 0 Å². The Morgan fingerprint density at radius 1 is 1.23 bits per heavy atom. The number of anilines is 1. The van der Waals surface area contributed by atoms with Crippen molar-refractivity contribution in [2.24, 2.45) is 17.8 Å². The van der Waals surface area contributed by atoms with E-state index in [2.05, 4.69) is 15.3 Å². The summed E-state index contributed by atoms with van der Waals surface area (Å²) in [7, 11) is 1.89. The quantitative estimate of drug-likeness (QED) is 0.924. The second-order valence-electron chi connectivity index (χ2n) is 7.67. The van der Waals surface area contributed by atoms with Crippen LogP contribution in [0.4, 0.5) is 5.82 Å².